The summed E-state index contributed by atoms with van der Waals surface area (Å²) in [5, 5.41) is 8.94. The molecule has 2 aromatic rings. The molecule has 0 atom stereocenters. The first kappa shape index (κ1) is 10.3. The highest BCUT2D eigenvalue weighted by Crippen LogP contribution is 2.27. The lowest BCUT2D eigenvalue weighted by Crippen LogP contribution is -1.95. The zero-order valence-electron chi connectivity index (χ0n) is 7.48. The highest BCUT2D eigenvalue weighted by Gasteiger charge is 2.14. The van der Waals surface area contributed by atoms with E-state index in [1.165, 1.54) is 0 Å². The Balaban J connectivity index is 2.54. The van der Waals surface area contributed by atoms with Crippen molar-refractivity contribution in [3.8, 4) is 11.3 Å². The Morgan fingerprint density at radius 2 is 2.27 bits per heavy atom. The van der Waals surface area contributed by atoms with E-state index in [4.69, 9.17) is 5.11 Å². The summed E-state index contributed by atoms with van der Waals surface area (Å²) in [5.74, 6) is -0.938. The van der Waals surface area contributed by atoms with Gasteiger partial charge in [0, 0.05) is 10.0 Å². The minimum atomic E-state index is -0.938. The number of thiazole rings is 1. The zero-order chi connectivity index (χ0) is 10.8. The number of aromatic nitrogens is 1. The second kappa shape index (κ2) is 4.12. The van der Waals surface area contributed by atoms with E-state index in [-0.39, 0.29) is 4.88 Å². The van der Waals surface area contributed by atoms with Gasteiger partial charge < -0.3 is 5.11 Å². The van der Waals surface area contributed by atoms with Crippen LogP contribution in [0.25, 0.3) is 11.3 Å². The molecule has 0 unspecified atom stereocenters. The summed E-state index contributed by atoms with van der Waals surface area (Å²) in [7, 11) is 0. The Morgan fingerprint density at radius 3 is 2.93 bits per heavy atom. The van der Waals surface area contributed by atoms with Gasteiger partial charge in [-0.3, -0.25) is 0 Å². The summed E-state index contributed by atoms with van der Waals surface area (Å²) in [4.78, 5) is 15.2. The predicted molar refractivity (Wildman–Crippen MR) is 62.2 cm³/mol. The normalized spacial score (nSPS) is 10.2. The minimum Gasteiger partial charge on any atom is -0.477 e. The van der Waals surface area contributed by atoms with Gasteiger partial charge in [0.15, 0.2) is 0 Å². The molecule has 1 heterocycles. The molecule has 0 radical (unpaired) electrons. The van der Waals surface area contributed by atoms with E-state index >= 15 is 0 Å². The number of carboxylic acid groups (broad SMARTS) is 1. The van der Waals surface area contributed by atoms with Gasteiger partial charge in [0.25, 0.3) is 0 Å². The largest absolute Gasteiger partial charge is 0.477 e. The summed E-state index contributed by atoms with van der Waals surface area (Å²) in [6, 6.07) is 7.43. The van der Waals surface area contributed by atoms with E-state index in [2.05, 4.69) is 20.9 Å². The van der Waals surface area contributed by atoms with Gasteiger partial charge in [-0.2, -0.15) is 0 Å². The van der Waals surface area contributed by atoms with Gasteiger partial charge in [-0.15, -0.1) is 11.3 Å². The topological polar surface area (TPSA) is 50.2 Å². The van der Waals surface area contributed by atoms with E-state index in [9.17, 15) is 4.79 Å². The maximum Gasteiger partial charge on any atom is 0.348 e. The number of rotatable bonds is 2. The predicted octanol–water partition coefficient (Wildman–Crippen LogP) is 3.27. The Bertz CT molecular complexity index is 510. The van der Waals surface area contributed by atoms with E-state index in [1.807, 2.05) is 24.3 Å². The molecule has 1 N–H and O–H groups in total. The van der Waals surface area contributed by atoms with Gasteiger partial charge >= 0.3 is 5.97 Å². The first-order valence-corrected chi connectivity index (χ1v) is 5.78. The van der Waals surface area contributed by atoms with Gasteiger partial charge in [-0.05, 0) is 12.1 Å². The second-order valence-corrected chi connectivity index (χ2v) is 4.62. The lowest BCUT2D eigenvalue weighted by atomic mass is 10.1. The Morgan fingerprint density at radius 1 is 1.47 bits per heavy atom. The van der Waals surface area contributed by atoms with Crippen molar-refractivity contribution in [2.24, 2.45) is 0 Å². The molecular formula is C10H6BrNO2S. The molecular weight excluding hydrogens is 278 g/mol. The molecule has 0 bridgehead atoms. The number of benzene rings is 1. The standard InChI is InChI=1S/C10H6BrNO2S/c11-7-3-1-2-6(4-7)8-9(10(13)14)15-5-12-8/h1-5H,(H,13,14). The molecule has 0 aliphatic rings. The molecule has 0 amide bonds. The minimum absolute atomic E-state index is 0.271. The Hall–Kier alpha value is -1.20. The molecule has 5 heteroatoms. The number of aromatic carboxylic acids is 1. The number of hydrogen-bond donors (Lipinski definition) is 1. The van der Waals surface area contributed by atoms with E-state index in [0.29, 0.717) is 5.69 Å². The van der Waals surface area contributed by atoms with Crippen molar-refractivity contribution in [2.75, 3.05) is 0 Å². The third-order valence-electron chi connectivity index (χ3n) is 1.86. The van der Waals surface area contributed by atoms with Gasteiger partial charge in [0.1, 0.15) is 4.88 Å². The maximum absolute atomic E-state index is 10.9. The van der Waals surface area contributed by atoms with Crippen LogP contribution in [0.1, 0.15) is 9.67 Å². The smallest absolute Gasteiger partial charge is 0.348 e. The molecule has 0 aliphatic heterocycles. The van der Waals surface area contributed by atoms with Gasteiger partial charge in [0.05, 0.1) is 11.2 Å². The zero-order valence-corrected chi connectivity index (χ0v) is 9.88. The van der Waals surface area contributed by atoms with Crippen molar-refractivity contribution in [2.45, 2.75) is 0 Å². The molecule has 15 heavy (non-hydrogen) atoms. The van der Waals surface area contributed by atoms with Crippen molar-refractivity contribution in [3.63, 3.8) is 0 Å². The van der Waals surface area contributed by atoms with Crippen LogP contribution in [-0.2, 0) is 0 Å². The fourth-order valence-corrected chi connectivity index (χ4v) is 2.29. The average Bonchev–Trinajstić information content (AvgIpc) is 2.65. The van der Waals surface area contributed by atoms with E-state index in [0.717, 1.165) is 21.4 Å². The molecule has 2 rings (SSSR count). The first-order valence-electron chi connectivity index (χ1n) is 4.11. The summed E-state index contributed by atoms with van der Waals surface area (Å²) in [5.41, 5.74) is 2.87. The van der Waals surface area contributed by atoms with Crippen LogP contribution in [0, 0.1) is 0 Å². The van der Waals surface area contributed by atoms with Crippen LogP contribution in [-0.4, -0.2) is 16.1 Å². The summed E-state index contributed by atoms with van der Waals surface area (Å²) in [6.45, 7) is 0. The van der Waals surface area contributed by atoms with Crippen LogP contribution in [0.4, 0.5) is 0 Å². The molecule has 1 aromatic carbocycles. The van der Waals surface area contributed by atoms with E-state index < -0.39 is 5.97 Å². The number of carboxylic acids is 1. The van der Waals surface area contributed by atoms with Crippen molar-refractivity contribution in [3.05, 3.63) is 39.1 Å². The maximum atomic E-state index is 10.9. The van der Waals surface area contributed by atoms with Crippen molar-refractivity contribution >= 4 is 33.2 Å². The Kier molecular flexibility index (Phi) is 2.83. The van der Waals surface area contributed by atoms with Crippen LogP contribution < -0.4 is 0 Å². The fraction of sp³-hybridized carbons (Fsp3) is 0. The second-order valence-electron chi connectivity index (χ2n) is 2.85. The van der Waals surface area contributed by atoms with Crippen molar-refractivity contribution in [1.82, 2.24) is 4.98 Å². The van der Waals surface area contributed by atoms with Crippen molar-refractivity contribution < 1.29 is 9.90 Å². The monoisotopic (exact) mass is 283 g/mol. The van der Waals surface area contributed by atoms with Gasteiger partial charge in [0.2, 0.25) is 0 Å². The van der Waals surface area contributed by atoms with Crippen LogP contribution in [0.15, 0.2) is 34.2 Å². The quantitative estimate of drug-likeness (QED) is 0.920. The van der Waals surface area contributed by atoms with Gasteiger partial charge in [-0.25, -0.2) is 9.78 Å². The molecule has 1 aromatic heterocycles. The van der Waals surface area contributed by atoms with Gasteiger partial charge in [-0.1, -0.05) is 28.1 Å². The number of nitrogens with zero attached hydrogens (tertiary/aromatic N) is 1. The molecule has 0 fully saturated rings. The van der Waals surface area contributed by atoms with Crippen LogP contribution in [0.5, 0.6) is 0 Å². The van der Waals surface area contributed by atoms with E-state index in [1.54, 1.807) is 5.51 Å². The van der Waals surface area contributed by atoms with Crippen LogP contribution in [0.3, 0.4) is 0 Å². The number of halogens is 1. The average molecular weight is 284 g/mol. The third kappa shape index (κ3) is 2.08. The molecule has 3 nitrogen and oxygen atoms in total. The summed E-state index contributed by atoms with van der Waals surface area (Å²) < 4.78 is 0.907. The SMILES string of the molecule is O=C(O)c1scnc1-c1cccc(Br)c1. The van der Waals surface area contributed by atoms with Crippen LogP contribution >= 0.6 is 27.3 Å². The molecule has 76 valence electrons. The molecule has 0 saturated heterocycles. The number of hydrogen-bond acceptors (Lipinski definition) is 3. The fourth-order valence-electron chi connectivity index (χ4n) is 1.24. The highest BCUT2D eigenvalue weighted by atomic mass is 79.9. The summed E-state index contributed by atoms with van der Waals surface area (Å²) >= 11 is 4.47. The molecule has 0 saturated carbocycles. The Labute approximate surface area is 98.5 Å². The third-order valence-corrected chi connectivity index (χ3v) is 3.17. The molecule has 0 aliphatic carbocycles. The first-order chi connectivity index (χ1) is 7.18. The number of carbonyl (C=O) groups is 1. The van der Waals surface area contributed by atoms with Crippen molar-refractivity contribution in [1.29, 1.82) is 0 Å². The summed E-state index contributed by atoms with van der Waals surface area (Å²) in [6.07, 6.45) is 0. The highest BCUT2D eigenvalue weighted by molar-refractivity contribution is 9.10. The lowest BCUT2D eigenvalue weighted by molar-refractivity contribution is 0.0702. The van der Waals surface area contributed by atoms with Crippen LogP contribution in [0.2, 0.25) is 0 Å². The molecule has 0 spiro atoms. The lowest BCUT2D eigenvalue weighted by Gasteiger charge is -1.99.